The summed E-state index contributed by atoms with van der Waals surface area (Å²) in [5.74, 6) is 0.211. The summed E-state index contributed by atoms with van der Waals surface area (Å²) < 4.78 is 26.8. The second kappa shape index (κ2) is 3.95. The van der Waals surface area contributed by atoms with Gasteiger partial charge in [0.1, 0.15) is 0 Å². The minimum absolute atomic E-state index is 0.0437. The van der Waals surface area contributed by atoms with Gasteiger partial charge < -0.3 is 9.64 Å². The highest BCUT2D eigenvalue weighted by Crippen LogP contribution is 2.05. The minimum Gasteiger partial charge on any atom is -0.453 e. The molecule has 6 heteroatoms. The second-order valence-electron chi connectivity index (χ2n) is 2.96. The summed E-state index contributed by atoms with van der Waals surface area (Å²) >= 11 is 0. The zero-order chi connectivity index (χ0) is 9.90. The quantitative estimate of drug-likeness (QED) is 0.555. The molecule has 0 N–H and O–H groups in total. The van der Waals surface area contributed by atoms with Crippen molar-refractivity contribution in [1.29, 1.82) is 0 Å². The van der Waals surface area contributed by atoms with Gasteiger partial charge in [0.05, 0.1) is 18.6 Å². The van der Waals surface area contributed by atoms with E-state index in [1.807, 2.05) is 0 Å². The Hall–Kier alpha value is -0.780. The average molecular weight is 207 g/mol. The molecule has 1 saturated heterocycles. The van der Waals surface area contributed by atoms with E-state index in [1.54, 1.807) is 0 Å². The number of sulfone groups is 1. The predicted molar refractivity (Wildman–Crippen MR) is 47.2 cm³/mol. The molecule has 1 aliphatic heterocycles. The lowest BCUT2D eigenvalue weighted by Crippen LogP contribution is -2.33. The molecule has 0 radical (unpaired) electrons. The molecule has 0 saturated carbocycles. The van der Waals surface area contributed by atoms with Crippen LogP contribution in [0.1, 0.15) is 6.42 Å². The Morgan fingerprint density at radius 1 is 1.31 bits per heavy atom. The number of carbonyl (C=O) groups excluding carboxylic acids is 1. The Morgan fingerprint density at radius 2 is 2.00 bits per heavy atom. The topological polar surface area (TPSA) is 63.7 Å². The van der Waals surface area contributed by atoms with E-state index in [2.05, 4.69) is 4.74 Å². The predicted octanol–water partition coefficient (Wildman–Crippen LogP) is -0.127. The van der Waals surface area contributed by atoms with Gasteiger partial charge in [0.2, 0.25) is 0 Å². The van der Waals surface area contributed by atoms with Crippen molar-refractivity contribution in [2.45, 2.75) is 6.42 Å². The van der Waals surface area contributed by atoms with Crippen LogP contribution in [-0.4, -0.2) is 51.1 Å². The third-order valence-corrected chi connectivity index (χ3v) is 3.70. The van der Waals surface area contributed by atoms with E-state index in [0.717, 1.165) is 0 Å². The molecular weight excluding hydrogens is 194 g/mol. The molecule has 0 aliphatic carbocycles. The van der Waals surface area contributed by atoms with Crippen LogP contribution in [-0.2, 0) is 14.6 Å². The lowest BCUT2D eigenvalue weighted by atomic mass is 10.4. The Labute approximate surface area is 77.6 Å². The normalized spacial score (nSPS) is 22.1. The first-order valence-electron chi connectivity index (χ1n) is 4.08. The van der Waals surface area contributed by atoms with Gasteiger partial charge in [-0.05, 0) is 6.42 Å². The summed E-state index contributed by atoms with van der Waals surface area (Å²) in [6, 6.07) is 0. The highest BCUT2D eigenvalue weighted by Gasteiger charge is 2.22. The maximum Gasteiger partial charge on any atom is 0.409 e. The van der Waals surface area contributed by atoms with Crippen molar-refractivity contribution in [1.82, 2.24) is 4.90 Å². The van der Waals surface area contributed by atoms with Gasteiger partial charge in [-0.2, -0.15) is 0 Å². The highest BCUT2D eigenvalue weighted by molar-refractivity contribution is 7.91. The van der Waals surface area contributed by atoms with Gasteiger partial charge in [0.15, 0.2) is 9.84 Å². The molecule has 0 aromatic heterocycles. The molecule has 0 unspecified atom stereocenters. The third-order valence-electron chi connectivity index (χ3n) is 1.99. The molecule has 1 amide bonds. The number of nitrogens with zero attached hydrogens (tertiary/aromatic N) is 1. The van der Waals surface area contributed by atoms with Gasteiger partial charge in [0.25, 0.3) is 0 Å². The van der Waals surface area contributed by atoms with Crippen LogP contribution in [0, 0.1) is 0 Å². The van der Waals surface area contributed by atoms with Crippen molar-refractivity contribution in [2.24, 2.45) is 0 Å². The molecular formula is C7H13NO4S. The summed E-state index contributed by atoms with van der Waals surface area (Å²) in [4.78, 5) is 12.5. The fourth-order valence-electron chi connectivity index (χ4n) is 1.25. The molecule has 0 aromatic rings. The van der Waals surface area contributed by atoms with Gasteiger partial charge >= 0.3 is 6.09 Å². The van der Waals surface area contributed by atoms with E-state index in [-0.39, 0.29) is 18.1 Å². The number of hydrogen-bond donors (Lipinski definition) is 0. The molecule has 0 bridgehead atoms. The maximum atomic E-state index is 11.1. The SMILES string of the molecule is COC(=O)N1CCCS(=O)(=O)CC1. The number of methoxy groups -OCH3 is 1. The standard InChI is InChI=1S/C7H13NO4S/c1-12-7(9)8-3-2-5-13(10,11)6-4-8/h2-6H2,1H3. The zero-order valence-corrected chi connectivity index (χ0v) is 8.34. The molecule has 0 atom stereocenters. The van der Waals surface area contributed by atoms with E-state index in [4.69, 9.17) is 0 Å². The zero-order valence-electron chi connectivity index (χ0n) is 7.52. The van der Waals surface area contributed by atoms with Gasteiger partial charge in [-0.1, -0.05) is 0 Å². The first kappa shape index (κ1) is 10.3. The van der Waals surface area contributed by atoms with Crippen molar-refractivity contribution in [2.75, 3.05) is 31.7 Å². The molecule has 0 spiro atoms. The summed E-state index contributed by atoms with van der Waals surface area (Å²) in [6.07, 6.45) is 0.0503. The fraction of sp³-hybridized carbons (Fsp3) is 0.857. The molecule has 1 rings (SSSR count). The maximum absolute atomic E-state index is 11.1. The molecule has 1 fully saturated rings. The van der Waals surface area contributed by atoms with E-state index in [9.17, 15) is 13.2 Å². The smallest absolute Gasteiger partial charge is 0.409 e. The summed E-state index contributed by atoms with van der Waals surface area (Å²) in [6.45, 7) is 0.709. The van der Waals surface area contributed by atoms with Crippen LogP contribution in [0.25, 0.3) is 0 Å². The van der Waals surface area contributed by atoms with Crippen molar-refractivity contribution >= 4 is 15.9 Å². The van der Waals surface area contributed by atoms with E-state index in [1.165, 1.54) is 12.0 Å². The summed E-state index contributed by atoms with van der Waals surface area (Å²) in [7, 11) is -1.65. The third kappa shape index (κ3) is 2.87. The molecule has 0 aromatic carbocycles. The summed E-state index contributed by atoms with van der Waals surface area (Å²) in [5, 5.41) is 0. The van der Waals surface area contributed by atoms with Crippen molar-refractivity contribution in [3.63, 3.8) is 0 Å². The Bertz CT molecular complexity index is 285. The van der Waals surface area contributed by atoms with Crippen LogP contribution in [0.5, 0.6) is 0 Å². The van der Waals surface area contributed by atoms with E-state index >= 15 is 0 Å². The number of amides is 1. The van der Waals surface area contributed by atoms with Crippen molar-refractivity contribution in [3.8, 4) is 0 Å². The fourth-order valence-corrected chi connectivity index (χ4v) is 2.52. The molecule has 5 nitrogen and oxygen atoms in total. The van der Waals surface area contributed by atoms with Crippen LogP contribution in [0.4, 0.5) is 4.79 Å². The Kier molecular flexibility index (Phi) is 3.13. The largest absolute Gasteiger partial charge is 0.453 e. The van der Waals surface area contributed by atoms with Gasteiger partial charge in [0, 0.05) is 13.1 Å². The second-order valence-corrected chi connectivity index (χ2v) is 5.27. The number of rotatable bonds is 0. The van der Waals surface area contributed by atoms with Gasteiger partial charge in [-0.3, -0.25) is 0 Å². The lowest BCUT2D eigenvalue weighted by Gasteiger charge is -2.17. The molecule has 13 heavy (non-hydrogen) atoms. The van der Waals surface area contributed by atoms with Crippen LogP contribution < -0.4 is 0 Å². The molecule has 76 valence electrons. The first-order chi connectivity index (χ1) is 6.05. The monoisotopic (exact) mass is 207 g/mol. The van der Waals surface area contributed by atoms with Crippen molar-refractivity contribution < 1.29 is 17.9 Å². The van der Waals surface area contributed by atoms with Crippen LogP contribution in [0.15, 0.2) is 0 Å². The highest BCUT2D eigenvalue weighted by atomic mass is 32.2. The molecule has 1 aliphatic rings. The lowest BCUT2D eigenvalue weighted by molar-refractivity contribution is 0.127. The Morgan fingerprint density at radius 3 is 2.62 bits per heavy atom. The van der Waals surface area contributed by atoms with Gasteiger partial charge in [-0.15, -0.1) is 0 Å². The first-order valence-corrected chi connectivity index (χ1v) is 5.90. The van der Waals surface area contributed by atoms with Crippen LogP contribution in [0.2, 0.25) is 0 Å². The minimum atomic E-state index is -2.94. The van der Waals surface area contributed by atoms with E-state index < -0.39 is 15.9 Å². The molecule has 1 heterocycles. The number of ether oxygens (including phenoxy) is 1. The summed E-state index contributed by atoms with van der Waals surface area (Å²) in [5.41, 5.74) is 0. The van der Waals surface area contributed by atoms with Crippen molar-refractivity contribution in [3.05, 3.63) is 0 Å². The van der Waals surface area contributed by atoms with Crippen LogP contribution >= 0.6 is 0 Å². The number of hydrogen-bond acceptors (Lipinski definition) is 4. The number of carbonyl (C=O) groups is 1. The Balaban J connectivity index is 2.60. The average Bonchev–Trinajstić information content (AvgIpc) is 2.25. The van der Waals surface area contributed by atoms with E-state index in [0.29, 0.717) is 13.0 Å². The van der Waals surface area contributed by atoms with Gasteiger partial charge in [-0.25, -0.2) is 13.2 Å². The van der Waals surface area contributed by atoms with Crippen LogP contribution in [0.3, 0.4) is 0 Å².